The van der Waals surface area contributed by atoms with Crippen LogP contribution in [0.15, 0.2) is 0 Å². The van der Waals surface area contributed by atoms with Crippen molar-refractivity contribution in [2.75, 3.05) is 0 Å². The van der Waals surface area contributed by atoms with Crippen molar-refractivity contribution in [2.45, 2.75) is 80.1 Å². The summed E-state index contributed by atoms with van der Waals surface area (Å²) in [5.41, 5.74) is 0. The molecule has 16 heavy (non-hydrogen) atoms. The van der Waals surface area contributed by atoms with Gasteiger partial charge >= 0.3 is 0 Å². The highest BCUT2D eigenvalue weighted by Gasteiger charge is 2.20. The van der Waals surface area contributed by atoms with E-state index in [-0.39, 0.29) is 0 Å². The van der Waals surface area contributed by atoms with E-state index in [9.17, 15) is 0 Å². The van der Waals surface area contributed by atoms with Gasteiger partial charge in [-0.15, -0.1) is 0 Å². The standard InChI is InChI=1S/C16H33/c1-7-9-11-14(4)16(6)15(5)12-13(3)10-8-2/h13-14,16H,7-12H2,1-6H3. The Balaban J connectivity index is 3.91. The van der Waals surface area contributed by atoms with E-state index in [0.29, 0.717) is 0 Å². The first-order valence-electron chi connectivity index (χ1n) is 7.35. The summed E-state index contributed by atoms with van der Waals surface area (Å²) in [6.45, 7) is 14.2. The molecule has 0 aromatic heterocycles. The summed E-state index contributed by atoms with van der Waals surface area (Å²) in [5, 5.41) is 0. The molecule has 0 aliphatic rings. The predicted molar refractivity (Wildman–Crippen MR) is 75.5 cm³/mol. The van der Waals surface area contributed by atoms with Crippen LogP contribution in [0.5, 0.6) is 0 Å². The zero-order chi connectivity index (χ0) is 12.6. The van der Waals surface area contributed by atoms with Crippen molar-refractivity contribution in [2.24, 2.45) is 17.8 Å². The van der Waals surface area contributed by atoms with Gasteiger partial charge in [-0.2, -0.15) is 0 Å². The van der Waals surface area contributed by atoms with Gasteiger partial charge in [0.05, 0.1) is 0 Å². The van der Waals surface area contributed by atoms with Crippen LogP contribution in [0.3, 0.4) is 0 Å². The van der Waals surface area contributed by atoms with Gasteiger partial charge in [0.25, 0.3) is 0 Å². The maximum Gasteiger partial charge on any atom is -0.0238 e. The topological polar surface area (TPSA) is 0 Å². The highest BCUT2D eigenvalue weighted by Crippen LogP contribution is 2.31. The van der Waals surface area contributed by atoms with Crippen LogP contribution in [0.2, 0.25) is 0 Å². The molecule has 0 amide bonds. The third-order valence-corrected chi connectivity index (χ3v) is 4.10. The Morgan fingerprint density at radius 2 is 1.56 bits per heavy atom. The molecule has 0 rings (SSSR count). The van der Waals surface area contributed by atoms with Gasteiger partial charge in [0, 0.05) is 0 Å². The van der Waals surface area contributed by atoms with Gasteiger partial charge in [-0.05, 0) is 30.1 Å². The molecule has 3 unspecified atom stereocenters. The molecule has 3 atom stereocenters. The Bertz CT molecular complexity index is 150. The van der Waals surface area contributed by atoms with Gasteiger partial charge < -0.3 is 0 Å². The smallest absolute Gasteiger partial charge is 0.0238 e. The molecule has 0 heteroatoms. The van der Waals surface area contributed by atoms with Gasteiger partial charge in [-0.25, -0.2) is 0 Å². The van der Waals surface area contributed by atoms with Crippen molar-refractivity contribution in [1.29, 1.82) is 0 Å². The molecule has 0 aromatic rings. The summed E-state index contributed by atoms with van der Waals surface area (Å²) >= 11 is 0. The minimum absolute atomic E-state index is 0.811. The van der Waals surface area contributed by atoms with E-state index in [1.165, 1.54) is 38.5 Å². The lowest BCUT2D eigenvalue weighted by molar-refractivity contribution is 0.335. The predicted octanol–water partition coefficient (Wildman–Crippen LogP) is 5.87. The van der Waals surface area contributed by atoms with Gasteiger partial charge in [-0.1, -0.05) is 73.6 Å². The summed E-state index contributed by atoms with van der Waals surface area (Å²) in [7, 11) is 0. The van der Waals surface area contributed by atoms with E-state index in [1.54, 1.807) is 5.92 Å². The van der Waals surface area contributed by atoms with Crippen LogP contribution in [0.25, 0.3) is 0 Å². The van der Waals surface area contributed by atoms with Crippen LogP contribution in [0, 0.1) is 23.7 Å². The van der Waals surface area contributed by atoms with Gasteiger partial charge in [0.2, 0.25) is 0 Å². The highest BCUT2D eigenvalue weighted by atomic mass is 14.3. The second kappa shape index (κ2) is 9.07. The van der Waals surface area contributed by atoms with E-state index in [2.05, 4.69) is 41.5 Å². The second-order valence-corrected chi connectivity index (χ2v) is 5.85. The summed E-state index contributed by atoms with van der Waals surface area (Å²) < 4.78 is 0. The molecule has 0 saturated carbocycles. The molecule has 0 heterocycles. The maximum absolute atomic E-state index is 2.42. The van der Waals surface area contributed by atoms with E-state index in [4.69, 9.17) is 0 Å². The summed E-state index contributed by atoms with van der Waals surface area (Å²) in [6, 6.07) is 0. The van der Waals surface area contributed by atoms with Crippen LogP contribution in [-0.4, -0.2) is 0 Å². The average molecular weight is 225 g/mol. The molecule has 0 nitrogen and oxygen atoms in total. The molecular weight excluding hydrogens is 192 g/mol. The zero-order valence-corrected chi connectivity index (χ0v) is 12.5. The third kappa shape index (κ3) is 6.55. The molecular formula is C16H33. The number of hydrogen-bond acceptors (Lipinski definition) is 0. The second-order valence-electron chi connectivity index (χ2n) is 5.85. The summed E-state index contributed by atoms with van der Waals surface area (Å²) in [6.07, 6.45) is 8.18. The largest absolute Gasteiger partial charge is 0.0654 e. The molecule has 0 aliphatic carbocycles. The molecule has 0 aliphatic heterocycles. The fourth-order valence-electron chi connectivity index (χ4n) is 2.59. The van der Waals surface area contributed by atoms with Gasteiger partial charge in [0.15, 0.2) is 0 Å². The lowest BCUT2D eigenvalue weighted by Crippen LogP contribution is -2.17. The first kappa shape index (κ1) is 16.0. The molecule has 0 spiro atoms. The Kier molecular flexibility index (Phi) is 9.07. The maximum atomic E-state index is 2.42. The van der Waals surface area contributed by atoms with Crippen molar-refractivity contribution in [1.82, 2.24) is 0 Å². The van der Waals surface area contributed by atoms with Crippen LogP contribution in [0.4, 0.5) is 0 Å². The third-order valence-electron chi connectivity index (χ3n) is 4.10. The quantitative estimate of drug-likeness (QED) is 0.460. The molecule has 97 valence electrons. The number of unbranched alkanes of at least 4 members (excludes halogenated alkanes) is 1. The lowest BCUT2D eigenvalue weighted by atomic mass is 9.78. The lowest BCUT2D eigenvalue weighted by Gasteiger charge is -2.27. The Morgan fingerprint density at radius 1 is 0.938 bits per heavy atom. The monoisotopic (exact) mass is 225 g/mol. The van der Waals surface area contributed by atoms with E-state index < -0.39 is 0 Å². The van der Waals surface area contributed by atoms with Crippen molar-refractivity contribution in [3.8, 4) is 0 Å². The van der Waals surface area contributed by atoms with Gasteiger partial charge in [-0.3, -0.25) is 0 Å². The van der Waals surface area contributed by atoms with Crippen LogP contribution < -0.4 is 0 Å². The van der Waals surface area contributed by atoms with Crippen LogP contribution in [-0.2, 0) is 0 Å². The summed E-state index contributed by atoms with van der Waals surface area (Å²) in [5.74, 6) is 4.29. The van der Waals surface area contributed by atoms with Crippen LogP contribution >= 0.6 is 0 Å². The fourth-order valence-corrected chi connectivity index (χ4v) is 2.59. The molecule has 1 radical (unpaired) electrons. The molecule has 0 bridgehead atoms. The zero-order valence-electron chi connectivity index (χ0n) is 12.5. The summed E-state index contributed by atoms with van der Waals surface area (Å²) in [4.78, 5) is 0. The normalized spacial score (nSPS) is 17.4. The number of hydrogen-bond donors (Lipinski definition) is 0. The minimum atomic E-state index is 0.811. The van der Waals surface area contributed by atoms with E-state index >= 15 is 0 Å². The SMILES string of the molecule is CCCCC(C)C(C)[C](C)CC(C)CCC. The Morgan fingerprint density at radius 3 is 2.06 bits per heavy atom. The minimum Gasteiger partial charge on any atom is -0.0654 e. The molecule has 0 N–H and O–H groups in total. The Hall–Kier alpha value is 0. The first-order valence-corrected chi connectivity index (χ1v) is 7.35. The molecule has 0 fully saturated rings. The van der Waals surface area contributed by atoms with Gasteiger partial charge in [0.1, 0.15) is 0 Å². The fraction of sp³-hybridized carbons (Fsp3) is 0.938. The van der Waals surface area contributed by atoms with Crippen molar-refractivity contribution >= 4 is 0 Å². The van der Waals surface area contributed by atoms with Crippen molar-refractivity contribution in [3.05, 3.63) is 5.92 Å². The van der Waals surface area contributed by atoms with E-state index in [1.807, 2.05) is 0 Å². The molecule has 0 saturated heterocycles. The van der Waals surface area contributed by atoms with Crippen LogP contribution in [0.1, 0.15) is 80.1 Å². The van der Waals surface area contributed by atoms with E-state index in [0.717, 1.165) is 17.8 Å². The highest BCUT2D eigenvalue weighted by molar-refractivity contribution is 4.93. The molecule has 0 aromatic carbocycles. The average Bonchev–Trinajstić information content (AvgIpc) is 2.24. The Labute approximate surface area is 104 Å². The van der Waals surface area contributed by atoms with Crippen molar-refractivity contribution < 1.29 is 0 Å². The van der Waals surface area contributed by atoms with Crippen molar-refractivity contribution in [3.63, 3.8) is 0 Å². The first-order chi connectivity index (χ1) is 7.52. The number of rotatable bonds is 9.